The zero-order valence-electron chi connectivity index (χ0n) is 14.7. The second kappa shape index (κ2) is 7.28. The van der Waals surface area contributed by atoms with Crippen molar-refractivity contribution in [2.45, 2.75) is 45.6 Å². The lowest BCUT2D eigenvalue weighted by Gasteiger charge is -2.45. The average Bonchev–Trinajstić information content (AvgIpc) is 2.61. The van der Waals surface area contributed by atoms with E-state index in [-0.39, 0.29) is 18.7 Å². The first-order chi connectivity index (χ1) is 12.0. The van der Waals surface area contributed by atoms with Crippen LogP contribution >= 0.6 is 0 Å². The van der Waals surface area contributed by atoms with Crippen molar-refractivity contribution in [3.63, 3.8) is 0 Å². The Labute approximate surface area is 147 Å². The van der Waals surface area contributed by atoms with Gasteiger partial charge in [-0.2, -0.15) is 0 Å². The predicted molar refractivity (Wildman–Crippen MR) is 94.2 cm³/mol. The molecular weight excluding hydrogens is 320 g/mol. The zero-order valence-corrected chi connectivity index (χ0v) is 14.7. The molecule has 2 aromatic rings. The Bertz CT molecular complexity index is 714. The first-order valence-corrected chi connectivity index (χ1v) is 8.46. The minimum Gasteiger partial charge on any atom is -0.388 e. The van der Waals surface area contributed by atoms with Gasteiger partial charge >= 0.3 is 0 Å². The van der Waals surface area contributed by atoms with Crippen LogP contribution in [-0.2, 0) is 6.61 Å². The highest BCUT2D eigenvalue weighted by Crippen LogP contribution is 2.26. The molecule has 0 spiro atoms. The number of aliphatic hydroxyl groups is 2. The minimum atomic E-state index is -0.690. The van der Waals surface area contributed by atoms with E-state index in [0.717, 1.165) is 24.7 Å². The Hall–Kier alpha value is -2.32. The fourth-order valence-electron chi connectivity index (χ4n) is 3.31. The van der Waals surface area contributed by atoms with Crippen LogP contribution in [0.4, 0.5) is 11.6 Å². The van der Waals surface area contributed by atoms with E-state index in [4.69, 9.17) is 0 Å². The van der Waals surface area contributed by atoms with Crippen molar-refractivity contribution >= 4 is 11.6 Å². The summed E-state index contributed by atoms with van der Waals surface area (Å²) in [4.78, 5) is 21.5. The number of rotatable bonds is 4. The van der Waals surface area contributed by atoms with Crippen LogP contribution in [0.3, 0.4) is 0 Å². The normalized spacial score (nSPS) is 22.1. The lowest BCUT2D eigenvalue weighted by molar-refractivity contribution is 0.189. The molecule has 1 aliphatic heterocycles. The highest BCUT2D eigenvalue weighted by Gasteiger charge is 2.31. The largest absolute Gasteiger partial charge is 0.388 e. The lowest BCUT2D eigenvalue weighted by atomic mass is 10.1. The SMILES string of the molecule is CC(O)c1nccc(N2C(C)CN(c3ccnc(CO)n3)CC2C)n1. The van der Waals surface area contributed by atoms with Crippen LogP contribution in [0, 0.1) is 0 Å². The van der Waals surface area contributed by atoms with Crippen LogP contribution in [0.5, 0.6) is 0 Å². The third kappa shape index (κ3) is 3.69. The molecule has 1 aliphatic rings. The second-order valence-corrected chi connectivity index (χ2v) is 6.45. The third-order valence-corrected chi connectivity index (χ3v) is 4.37. The van der Waals surface area contributed by atoms with Crippen molar-refractivity contribution in [1.29, 1.82) is 0 Å². The van der Waals surface area contributed by atoms with Gasteiger partial charge in [0.2, 0.25) is 0 Å². The van der Waals surface area contributed by atoms with E-state index in [9.17, 15) is 10.2 Å². The molecule has 0 amide bonds. The number of aromatic nitrogens is 4. The first kappa shape index (κ1) is 17.5. The van der Waals surface area contributed by atoms with Crippen molar-refractivity contribution in [2.24, 2.45) is 0 Å². The lowest BCUT2D eigenvalue weighted by Crippen LogP contribution is -2.57. The molecule has 8 heteroatoms. The molecule has 3 unspecified atom stereocenters. The molecule has 2 aromatic heterocycles. The number of hydrogen-bond donors (Lipinski definition) is 2. The summed E-state index contributed by atoms with van der Waals surface area (Å²) in [7, 11) is 0. The van der Waals surface area contributed by atoms with Gasteiger partial charge in [-0.15, -0.1) is 0 Å². The summed E-state index contributed by atoms with van der Waals surface area (Å²) >= 11 is 0. The third-order valence-electron chi connectivity index (χ3n) is 4.37. The highest BCUT2D eigenvalue weighted by atomic mass is 16.3. The fourth-order valence-corrected chi connectivity index (χ4v) is 3.31. The Morgan fingerprint density at radius 1 is 1.08 bits per heavy atom. The molecule has 0 bridgehead atoms. The highest BCUT2D eigenvalue weighted by molar-refractivity contribution is 5.47. The molecule has 8 nitrogen and oxygen atoms in total. The van der Waals surface area contributed by atoms with Gasteiger partial charge in [-0.3, -0.25) is 0 Å². The molecule has 0 aromatic carbocycles. The summed E-state index contributed by atoms with van der Waals surface area (Å²) in [6.07, 6.45) is 2.67. The van der Waals surface area contributed by atoms with Crippen LogP contribution < -0.4 is 9.80 Å². The first-order valence-electron chi connectivity index (χ1n) is 8.46. The van der Waals surface area contributed by atoms with E-state index in [0.29, 0.717) is 11.6 Å². The maximum atomic E-state index is 9.73. The smallest absolute Gasteiger partial charge is 0.158 e. The monoisotopic (exact) mass is 344 g/mol. The van der Waals surface area contributed by atoms with Gasteiger partial charge in [-0.25, -0.2) is 19.9 Å². The predicted octanol–water partition coefficient (Wildman–Crippen LogP) is 0.916. The van der Waals surface area contributed by atoms with Crippen molar-refractivity contribution in [3.05, 3.63) is 36.2 Å². The molecule has 134 valence electrons. The maximum absolute atomic E-state index is 9.73. The van der Waals surface area contributed by atoms with Crippen LogP contribution in [0.2, 0.25) is 0 Å². The second-order valence-electron chi connectivity index (χ2n) is 6.45. The summed E-state index contributed by atoms with van der Waals surface area (Å²) in [6.45, 7) is 7.34. The molecule has 3 heterocycles. The number of aliphatic hydroxyl groups excluding tert-OH is 2. The van der Waals surface area contributed by atoms with Crippen molar-refractivity contribution in [2.75, 3.05) is 22.9 Å². The molecule has 3 rings (SSSR count). The minimum absolute atomic E-state index is 0.165. The van der Waals surface area contributed by atoms with E-state index >= 15 is 0 Å². The molecule has 0 radical (unpaired) electrons. The van der Waals surface area contributed by atoms with E-state index in [1.807, 2.05) is 12.1 Å². The van der Waals surface area contributed by atoms with Gasteiger partial charge < -0.3 is 20.0 Å². The maximum Gasteiger partial charge on any atom is 0.158 e. The molecule has 3 atom stereocenters. The van der Waals surface area contributed by atoms with Gasteiger partial charge in [0.1, 0.15) is 24.3 Å². The summed E-state index contributed by atoms with van der Waals surface area (Å²) in [5, 5.41) is 19.0. The number of hydrogen-bond acceptors (Lipinski definition) is 8. The Kier molecular flexibility index (Phi) is 5.10. The van der Waals surface area contributed by atoms with E-state index in [1.54, 1.807) is 19.3 Å². The van der Waals surface area contributed by atoms with Gasteiger partial charge in [0.15, 0.2) is 11.6 Å². The number of piperazine rings is 1. The van der Waals surface area contributed by atoms with Gasteiger partial charge in [-0.1, -0.05) is 0 Å². The van der Waals surface area contributed by atoms with Crippen LogP contribution in [0.15, 0.2) is 24.5 Å². The van der Waals surface area contributed by atoms with Crippen molar-refractivity contribution in [1.82, 2.24) is 19.9 Å². The van der Waals surface area contributed by atoms with Crippen molar-refractivity contribution < 1.29 is 10.2 Å². The molecule has 1 fully saturated rings. The van der Waals surface area contributed by atoms with Gasteiger partial charge in [0.25, 0.3) is 0 Å². The summed E-state index contributed by atoms with van der Waals surface area (Å²) < 4.78 is 0. The average molecular weight is 344 g/mol. The van der Waals surface area contributed by atoms with E-state index in [2.05, 4.69) is 43.6 Å². The Morgan fingerprint density at radius 2 is 1.72 bits per heavy atom. The standard InChI is InChI=1S/C17H24N6O2/c1-11-8-22(15-4-6-18-14(10-24)20-15)9-12(2)23(11)16-5-7-19-17(21-16)13(3)25/h4-7,11-13,24-25H,8-10H2,1-3H3. The van der Waals surface area contributed by atoms with Gasteiger partial charge in [0.05, 0.1) is 0 Å². The summed E-state index contributed by atoms with van der Waals surface area (Å²) in [5.41, 5.74) is 0. The molecule has 2 N–H and O–H groups in total. The van der Waals surface area contributed by atoms with Gasteiger partial charge in [0, 0.05) is 37.6 Å². The van der Waals surface area contributed by atoms with E-state index in [1.165, 1.54) is 0 Å². The molecular formula is C17H24N6O2. The summed E-state index contributed by atoms with van der Waals surface area (Å²) in [6, 6.07) is 4.15. The number of nitrogens with zero attached hydrogens (tertiary/aromatic N) is 6. The van der Waals surface area contributed by atoms with Crippen molar-refractivity contribution in [3.8, 4) is 0 Å². The molecule has 0 aliphatic carbocycles. The van der Waals surface area contributed by atoms with Crippen LogP contribution in [-0.4, -0.2) is 55.3 Å². The van der Waals surface area contributed by atoms with Gasteiger partial charge in [-0.05, 0) is 32.9 Å². The molecule has 0 saturated carbocycles. The summed E-state index contributed by atoms with van der Waals surface area (Å²) in [5.74, 6) is 2.51. The van der Waals surface area contributed by atoms with Crippen LogP contribution in [0.25, 0.3) is 0 Å². The fraction of sp³-hybridized carbons (Fsp3) is 0.529. The quantitative estimate of drug-likeness (QED) is 0.845. The van der Waals surface area contributed by atoms with Crippen LogP contribution in [0.1, 0.15) is 38.5 Å². The number of anilines is 2. The topological polar surface area (TPSA) is 98.5 Å². The van der Waals surface area contributed by atoms with E-state index < -0.39 is 6.10 Å². The Balaban J connectivity index is 1.81. The molecule has 25 heavy (non-hydrogen) atoms. The molecule has 1 saturated heterocycles. The Morgan fingerprint density at radius 3 is 2.36 bits per heavy atom. The zero-order chi connectivity index (χ0) is 18.0.